The summed E-state index contributed by atoms with van der Waals surface area (Å²) < 4.78 is 25.2. The van der Waals surface area contributed by atoms with Crippen molar-refractivity contribution < 1.29 is 18.7 Å². The quantitative estimate of drug-likeness (QED) is 0.803. The molecule has 2 N–H and O–H groups in total. The summed E-state index contributed by atoms with van der Waals surface area (Å²) in [6, 6.07) is 0. The largest absolute Gasteiger partial charge is 0.463 e. The van der Waals surface area contributed by atoms with Crippen LogP contribution in [0.15, 0.2) is 11.0 Å². The fourth-order valence-electron chi connectivity index (χ4n) is 1.99. The maximum absolute atomic E-state index is 13.8. The van der Waals surface area contributed by atoms with Gasteiger partial charge in [-0.25, -0.2) is 9.18 Å². The van der Waals surface area contributed by atoms with E-state index in [0.29, 0.717) is 5.56 Å². The lowest BCUT2D eigenvalue weighted by atomic mass is 10.2. The highest BCUT2D eigenvalue weighted by molar-refractivity contribution is 5.65. The summed E-state index contributed by atoms with van der Waals surface area (Å²) in [5, 5.41) is 0. The molecule has 2 heterocycles. The third-order valence-electron chi connectivity index (χ3n) is 3.10. The SMILES string of the molecule is CC(=O)OC[C@H]1O[C@@H](n2cc(C)c(N)nc2=O)C[C@@H]1F. The molecule has 20 heavy (non-hydrogen) atoms. The van der Waals surface area contributed by atoms with Gasteiger partial charge in [0.2, 0.25) is 0 Å². The van der Waals surface area contributed by atoms with Crippen LogP contribution >= 0.6 is 0 Å². The summed E-state index contributed by atoms with van der Waals surface area (Å²) in [5.41, 5.74) is 5.53. The van der Waals surface area contributed by atoms with Gasteiger partial charge in [0, 0.05) is 25.1 Å². The van der Waals surface area contributed by atoms with E-state index >= 15 is 0 Å². The fraction of sp³-hybridized carbons (Fsp3) is 0.583. The molecule has 2 rings (SSSR count). The molecule has 3 atom stereocenters. The van der Waals surface area contributed by atoms with Crippen molar-refractivity contribution in [3.63, 3.8) is 0 Å². The van der Waals surface area contributed by atoms with Crippen molar-refractivity contribution in [2.24, 2.45) is 0 Å². The number of carbonyl (C=O) groups excluding carboxylic acids is 1. The number of aromatic nitrogens is 2. The molecule has 8 heteroatoms. The minimum atomic E-state index is -1.32. The molecule has 7 nitrogen and oxygen atoms in total. The average molecular weight is 285 g/mol. The molecule has 0 saturated carbocycles. The van der Waals surface area contributed by atoms with Crippen LogP contribution in [0.1, 0.15) is 25.1 Å². The third kappa shape index (κ3) is 2.96. The molecule has 0 aliphatic carbocycles. The first-order valence-corrected chi connectivity index (χ1v) is 6.16. The lowest BCUT2D eigenvalue weighted by molar-refractivity contribution is -0.146. The number of nitrogens with two attached hydrogens (primary N) is 1. The Kier molecular flexibility index (Phi) is 4.03. The molecule has 0 spiro atoms. The summed E-state index contributed by atoms with van der Waals surface area (Å²) in [5.74, 6) is -0.371. The lowest BCUT2D eigenvalue weighted by Gasteiger charge is -2.16. The zero-order valence-electron chi connectivity index (χ0n) is 11.2. The van der Waals surface area contributed by atoms with Crippen molar-refractivity contribution in [1.82, 2.24) is 9.55 Å². The molecule has 1 aromatic rings. The number of anilines is 1. The van der Waals surface area contributed by atoms with E-state index in [2.05, 4.69) is 4.98 Å². The predicted molar refractivity (Wildman–Crippen MR) is 67.7 cm³/mol. The van der Waals surface area contributed by atoms with Crippen LogP contribution in [0.25, 0.3) is 0 Å². The van der Waals surface area contributed by atoms with Gasteiger partial charge in [-0.1, -0.05) is 0 Å². The van der Waals surface area contributed by atoms with E-state index in [0.717, 1.165) is 0 Å². The molecule has 1 aliphatic rings. The van der Waals surface area contributed by atoms with Gasteiger partial charge in [-0.2, -0.15) is 4.98 Å². The Balaban J connectivity index is 2.14. The van der Waals surface area contributed by atoms with Crippen LogP contribution in [0.5, 0.6) is 0 Å². The topological polar surface area (TPSA) is 96.4 Å². The van der Waals surface area contributed by atoms with Crippen LogP contribution in [-0.2, 0) is 14.3 Å². The molecule has 0 aromatic carbocycles. The molecule has 1 saturated heterocycles. The molecule has 0 radical (unpaired) electrons. The number of alkyl halides is 1. The highest BCUT2D eigenvalue weighted by Crippen LogP contribution is 2.30. The molecule has 0 amide bonds. The fourth-order valence-corrected chi connectivity index (χ4v) is 1.99. The molecule has 0 bridgehead atoms. The van der Waals surface area contributed by atoms with Crippen LogP contribution in [0.2, 0.25) is 0 Å². The minimum absolute atomic E-state index is 0.00310. The van der Waals surface area contributed by atoms with Crippen LogP contribution in [0, 0.1) is 6.92 Å². The Morgan fingerprint density at radius 1 is 1.70 bits per heavy atom. The zero-order valence-corrected chi connectivity index (χ0v) is 11.2. The molecule has 1 fully saturated rings. The van der Waals surface area contributed by atoms with E-state index in [4.69, 9.17) is 15.2 Å². The van der Waals surface area contributed by atoms with E-state index in [1.54, 1.807) is 6.92 Å². The van der Waals surface area contributed by atoms with E-state index < -0.39 is 30.2 Å². The summed E-state index contributed by atoms with van der Waals surface area (Å²) in [7, 11) is 0. The summed E-state index contributed by atoms with van der Waals surface area (Å²) in [6.07, 6.45) is -1.49. The number of nitrogens with zero attached hydrogens (tertiary/aromatic N) is 2. The molecule has 1 aromatic heterocycles. The maximum Gasteiger partial charge on any atom is 0.351 e. The number of esters is 1. The van der Waals surface area contributed by atoms with Crippen molar-refractivity contribution >= 4 is 11.8 Å². The van der Waals surface area contributed by atoms with E-state index in [-0.39, 0.29) is 18.8 Å². The van der Waals surface area contributed by atoms with Gasteiger partial charge in [0.1, 0.15) is 30.9 Å². The van der Waals surface area contributed by atoms with Gasteiger partial charge in [-0.3, -0.25) is 9.36 Å². The number of rotatable bonds is 3. The zero-order chi connectivity index (χ0) is 14.9. The number of hydrogen-bond donors (Lipinski definition) is 1. The lowest BCUT2D eigenvalue weighted by Crippen LogP contribution is -2.29. The minimum Gasteiger partial charge on any atom is -0.463 e. The second-order valence-electron chi connectivity index (χ2n) is 4.68. The number of aryl methyl sites for hydroxylation is 1. The van der Waals surface area contributed by atoms with Gasteiger partial charge in [-0.15, -0.1) is 0 Å². The second-order valence-corrected chi connectivity index (χ2v) is 4.68. The first-order chi connectivity index (χ1) is 9.38. The van der Waals surface area contributed by atoms with Gasteiger partial charge in [0.25, 0.3) is 0 Å². The van der Waals surface area contributed by atoms with Crippen LogP contribution in [0.4, 0.5) is 10.2 Å². The molecule has 0 unspecified atom stereocenters. The Hall–Kier alpha value is -1.96. The average Bonchev–Trinajstić information content (AvgIpc) is 2.72. The number of carbonyl (C=O) groups is 1. The van der Waals surface area contributed by atoms with E-state index in [1.165, 1.54) is 17.7 Å². The standard InChI is InChI=1S/C12H16FN3O4/c1-6-4-16(12(18)15-11(6)14)10-3-8(13)9(20-10)5-19-7(2)17/h4,8-10H,3,5H2,1-2H3,(H2,14,15,18)/t8-,9+,10+/m0/s1. The highest BCUT2D eigenvalue weighted by atomic mass is 19.1. The van der Waals surface area contributed by atoms with Gasteiger partial charge in [0.15, 0.2) is 0 Å². The van der Waals surface area contributed by atoms with Gasteiger partial charge in [-0.05, 0) is 6.92 Å². The summed E-state index contributed by atoms with van der Waals surface area (Å²) >= 11 is 0. The second kappa shape index (κ2) is 5.58. The first-order valence-electron chi connectivity index (χ1n) is 6.16. The Labute approximate surface area is 114 Å². The normalized spacial score (nSPS) is 25.6. The van der Waals surface area contributed by atoms with E-state index in [9.17, 15) is 14.0 Å². The summed E-state index contributed by atoms with van der Waals surface area (Å²) in [6.45, 7) is 2.75. The van der Waals surface area contributed by atoms with Crippen LogP contribution in [-0.4, -0.2) is 34.4 Å². The van der Waals surface area contributed by atoms with Crippen molar-refractivity contribution in [2.75, 3.05) is 12.3 Å². The van der Waals surface area contributed by atoms with Gasteiger partial charge < -0.3 is 15.2 Å². The molecule has 110 valence electrons. The molecule has 1 aliphatic heterocycles. The van der Waals surface area contributed by atoms with Crippen molar-refractivity contribution in [2.45, 2.75) is 38.8 Å². The monoisotopic (exact) mass is 285 g/mol. The number of ether oxygens (including phenoxy) is 2. The van der Waals surface area contributed by atoms with Gasteiger partial charge in [0.05, 0.1) is 0 Å². The Morgan fingerprint density at radius 3 is 3.05 bits per heavy atom. The van der Waals surface area contributed by atoms with Crippen LogP contribution < -0.4 is 11.4 Å². The van der Waals surface area contributed by atoms with Crippen molar-refractivity contribution in [1.29, 1.82) is 0 Å². The number of hydrogen-bond acceptors (Lipinski definition) is 6. The predicted octanol–water partition coefficient (Wildman–Crippen LogP) is 0.323. The first kappa shape index (κ1) is 14.4. The van der Waals surface area contributed by atoms with Crippen molar-refractivity contribution in [3.05, 3.63) is 22.2 Å². The smallest absolute Gasteiger partial charge is 0.351 e. The van der Waals surface area contributed by atoms with Gasteiger partial charge >= 0.3 is 11.7 Å². The molecular weight excluding hydrogens is 269 g/mol. The highest BCUT2D eigenvalue weighted by Gasteiger charge is 2.37. The van der Waals surface area contributed by atoms with E-state index in [1.807, 2.05) is 0 Å². The number of nitrogen functional groups attached to an aromatic ring is 1. The van der Waals surface area contributed by atoms with Crippen LogP contribution in [0.3, 0.4) is 0 Å². The Bertz CT molecular complexity index is 574. The number of halogens is 1. The Morgan fingerprint density at radius 2 is 2.40 bits per heavy atom. The molecular formula is C12H16FN3O4. The maximum atomic E-state index is 13.8. The third-order valence-corrected chi connectivity index (χ3v) is 3.10. The van der Waals surface area contributed by atoms with Crippen molar-refractivity contribution in [3.8, 4) is 0 Å². The summed E-state index contributed by atoms with van der Waals surface area (Å²) in [4.78, 5) is 26.1.